The van der Waals surface area contributed by atoms with Crippen molar-refractivity contribution in [1.29, 1.82) is 0 Å². The molecule has 0 spiro atoms. The van der Waals surface area contributed by atoms with Gasteiger partial charge in [-0.3, -0.25) is 0 Å². The van der Waals surface area contributed by atoms with Crippen molar-refractivity contribution in [2.75, 3.05) is 19.0 Å². The molecule has 0 unspecified atom stereocenters. The smallest absolute Gasteiger partial charge is 0.170 e. The number of unbranched alkanes of at least 4 members (excludes halogenated alkanes) is 1. The quantitative estimate of drug-likeness (QED) is 0.633. The summed E-state index contributed by atoms with van der Waals surface area (Å²) >= 11 is 5.32. The van der Waals surface area contributed by atoms with Crippen LogP contribution in [0.1, 0.15) is 46.1 Å². The first-order chi connectivity index (χ1) is 9.38. The highest BCUT2D eigenvalue weighted by Crippen LogP contribution is 2.31. The first kappa shape index (κ1) is 16.8. The lowest BCUT2D eigenvalue weighted by Gasteiger charge is -2.21. The summed E-state index contributed by atoms with van der Waals surface area (Å²) in [6.45, 7) is 9.63. The normalized spacial score (nSPS) is 11.1. The predicted octanol–water partition coefficient (Wildman–Crippen LogP) is 4.08. The van der Waals surface area contributed by atoms with Gasteiger partial charge in [0.05, 0.1) is 12.8 Å². The van der Waals surface area contributed by atoms with Crippen LogP contribution >= 0.6 is 12.2 Å². The Balaban J connectivity index is 2.83. The molecule has 0 heterocycles. The largest absolute Gasteiger partial charge is 0.495 e. The van der Waals surface area contributed by atoms with Crippen LogP contribution in [0.15, 0.2) is 18.2 Å². The molecule has 0 amide bonds. The maximum atomic E-state index is 5.39. The Morgan fingerprint density at radius 1 is 1.30 bits per heavy atom. The lowest BCUT2D eigenvalue weighted by atomic mass is 9.87. The second-order valence-electron chi connectivity index (χ2n) is 5.90. The van der Waals surface area contributed by atoms with E-state index in [-0.39, 0.29) is 5.41 Å². The fraction of sp³-hybridized carbons (Fsp3) is 0.562. The SMILES string of the molecule is CCCCNC(=S)Nc1cc(C(C)(C)C)ccc1OC. The number of nitrogens with one attached hydrogen (secondary N) is 2. The minimum atomic E-state index is 0.0972. The molecule has 4 heteroatoms. The van der Waals surface area contributed by atoms with Gasteiger partial charge in [0.25, 0.3) is 0 Å². The van der Waals surface area contributed by atoms with Gasteiger partial charge in [-0.25, -0.2) is 0 Å². The summed E-state index contributed by atoms with van der Waals surface area (Å²) in [6, 6.07) is 6.18. The van der Waals surface area contributed by atoms with Gasteiger partial charge in [0, 0.05) is 6.54 Å². The van der Waals surface area contributed by atoms with Crippen molar-refractivity contribution in [2.45, 2.75) is 46.0 Å². The third kappa shape index (κ3) is 5.00. The van der Waals surface area contributed by atoms with Gasteiger partial charge >= 0.3 is 0 Å². The summed E-state index contributed by atoms with van der Waals surface area (Å²) < 4.78 is 5.39. The molecule has 0 atom stereocenters. The molecule has 1 aromatic rings. The third-order valence-electron chi connectivity index (χ3n) is 3.13. The molecule has 0 saturated heterocycles. The van der Waals surface area contributed by atoms with Crippen molar-refractivity contribution < 1.29 is 4.74 Å². The Morgan fingerprint density at radius 2 is 2.00 bits per heavy atom. The van der Waals surface area contributed by atoms with E-state index < -0.39 is 0 Å². The van der Waals surface area contributed by atoms with Crippen molar-refractivity contribution in [3.05, 3.63) is 23.8 Å². The van der Waals surface area contributed by atoms with Crippen molar-refractivity contribution in [3.8, 4) is 5.75 Å². The van der Waals surface area contributed by atoms with E-state index in [0.717, 1.165) is 30.8 Å². The molecule has 0 aliphatic carbocycles. The zero-order chi connectivity index (χ0) is 15.2. The van der Waals surface area contributed by atoms with Crippen LogP contribution in [-0.2, 0) is 5.41 Å². The molecule has 0 aliphatic heterocycles. The van der Waals surface area contributed by atoms with Crippen LogP contribution in [0.25, 0.3) is 0 Å². The molecule has 0 bridgehead atoms. The summed E-state index contributed by atoms with van der Waals surface area (Å²) in [7, 11) is 1.67. The molecular formula is C16H26N2OS. The molecule has 3 nitrogen and oxygen atoms in total. The first-order valence-electron chi connectivity index (χ1n) is 7.12. The zero-order valence-electron chi connectivity index (χ0n) is 13.2. The Labute approximate surface area is 128 Å². The molecular weight excluding hydrogens is 268 g/mol. The predicted molar refractivity (Wildman–Crippen MR) is 90.8 cm³/mol. The van der Waals surface area contributed by atoms with Gasteiger partial charge in [0.1, 0.15) is 5.75 Å². The van der Waals surface area contributed by atoms with Gasteiger partial charge in [0.2, 0.25) is 0 Å². The second kappa shape index (κ2) is 7.48. The maximum absolute atomic E-state index is 5.39. The van der Waals surface area contributed by atoms with E-state index in [4.69, 9.17) is 17.0 Å². The highest BCUT2D eigenvalue weighted by Gasteiger charge is 2.16. The number of ether oxygens (including phenoxy) is 1. The van der Waals surface area contributed by atoms with E-state index in [1.807, 2.05) is 6.07 Å². The number of hydrogen-bond donors (Lipinski definition) is 2. The van der Waals surface area contributed by atoms with Gasteiger partial charge in [0.15, 0.2) is 5.11 Å². The van der Waals surface area contributed by atoms with Gasteiger partial charge in [-0.2, -0.15) is 0 Å². The molecule has 0 saturated carbocycles. The summed E-state index contributed by atoms with van der Waals surface area (Å²) in [6.07, 6.45) is 2.26. The number of benzene rings is 1. The van der Waals surface area contributed by atoms with E-state index >= 15 is 0 Å². The molecule has 0 radical (unpaired) electrons. The third-order valence-corrected chi connectivity index (χ3v) is 3.38. The molecule has 1 aromatic carbocycles. The fourth-order valence-electron chi connectivity index (χ4n) is 1.82. The van der Waals surface area contributed by atoms with Crippen LogP contribution in [0.4, 0.5) is 5.69 Å². The number of anilines is 1. The van der Waals surface area contributed by atoms with Gasteiger partial charge in [-0.1, -0.05) is 40.2 Å². The summed E-state index contributed by atoms with van der Waals surface area (Å²) in [5.74, 6) is 0.803. The highest BCUT2D eigenvalue weighted by atomic mass is 32.1. The van der Waals surface area contributed by atoms with Crippen LogP contribution in [0.3, 0.4) is 0 Å². The summed E-state index contributed by atoms with van der Waals surface area (Å²) in [5, 5.41) is 7.08. The van der Waals surface area contributed by atoms with Crippen LogP contribution in [0.2, 0.25) is 0 Å². The summed E-state index contributed by atoms with van der Waals surface area (Å²) in [5.41, 5.74) is 2.26. The monoisotopic (exact) mass is 294 g/mol. The Bertz CT molecular complexity index is 452. The molecule has 0 aromatic heterocycles. The van der Waals surface area contributed by atoms with Crippen LogP contribution in [0, 0.1) is 0 Å². The first-order valence-corrected chi connectivity index (χ1v) is 7.52. The van der Waals surface area contributed by atoms with Gasteiger partial charge in [-0.15, -0.1) is 0 Å². The van der Waals surface area contributed by atoms with E-state index in [1.54, 1.807) is 7.11 Å². The standard InChI is InChI=1S/C16H26N2OS/c1-6-7-10-17-15(20)18-13-11-12(16(2,3)4)8-9-14(13)19-5/h8-9,11H,6-7,10H2,1-5H3,(H2,17,18,20). The van der Waals surface area contributed by atoms with E-state index in [9.17, 15) is 0 Å². The Kier molecular flexibility index (Phi) is 6.27. The minimum Gasteiger partial charge on any atom is -0.495 e. The van der Waals surface area contributed by atoms with Crippen LogP contribution in [0.5, 0.6) is 5.75 Å². The summed E-state index contributed by atoms with van der Waals surface area (Å²) in [4.78, 5) is 0. The average molecular weight is 294 g/mol. The lowest BCUT2D eigenvalue weighted by molar-refractivity contribution is 0.416. The number of thiocarbonyl (C=S) groups is 1. The van der Waals surface area contributed by atoms with E-state index in [2.05, 4.69) is 50.5 Å². The highest BCUT2D eigenvalue weighted by molar-refractivity contribution is 7.80. The van der Waals surface area contributed by atoms with E-state index in [0.29, 0.717) is 5.11 Å². The topological polar surface area (TPSA) is 33.3 Å². The fourth-order valence-corrected chi connectivity index (χ4v) is 2.03. The lowest BCUT2D eigenvalue weighted by Crippen LogP contribution is -2.29. The van der Waals surface area contributed by atoms with Crippen LogP contribution < -0.4 is 15.4 Å². The second-order valence-corrected chi connectivity index (χ2v) is 6.31. The number of methoxy groups -OCH3 is 1. The molecule has 20 heavy (non-hydrogen) atoms. The van der Waals surface area contributed by atoms with Crippen molar-refractivity contribution in [3.63, 3.8) is 0 Å². The number of hydrogen-bond acceptors (Lipinski definition) is 2. The van der Waals surface area contributed by atoms with E-state index in [1.165, 1.54) is 5.56 Å². The minimum absolute atomic E-state index is 0.0972. The Morgan fingerprint density at radius 3 is 2.55 bits per heavy atom. The molecule has 1 rings (SSSR count). The van der Waals surface area contributed by atoms with Gasteiger partial charge < -0.3 is 15.4 Å². The molecule has 2 N–H and O–H groups in total. The van der Waals surface area contributed by atoms with Crippen molar-refractivity contribution in [2.24, 2.45) is 0 Å². The molecule has 112 valence electrons. The zero-order valence-corrected chi connectivity index (χ0v) is 14.0. The van der Waals surface area contributed by atoms with Crippen LogP contribution in [-0.4, -0.2) is 18.8 Å². The van der Waals surface area contributed by atoms with Crippen molar-refractivity contribution >= 4 is 23.0 Å². The van der Waals surface area contributed by atoms with Crippen molar-refractivity contribution in [1.82, 2.24) is 5.32 Å². The molecule has 0 fully saturated rings. The number of rotatable bonds is 5. The maximum Gasteiger partial charge on any atom is 0.170 e. The molecule has 0 aliphatic rings. The van der Waals surface area contributed by atoms with Gasteiger partial charge in [-0.05, 0) is 41.7 Å². The Hall–Kier alpha value is -1.29. The average Bonchev–Trinajstić information content (AvgIpc) is 2.38.